The smallest absolute Gasteiger partial charge is 0.309 e. The average molecular weight is 607 g/mol. The number of aryl methyl sites for hydroxylation is 3. The van der Waals surface area contributed by atoms with E-state index in [-0.39, 0.29) is 25.2 Å². The van der Waals surface area contributed by atoms with Crippen LogP contribution >= 0.6 is 11.6 Å². The zero-order valence-electron chi connectivity index (χ0n) is 24.9. The molecule has 2 aliphatic rings. The second kappa shape index (κ2) is 13.8. The number of nitrogens with zero attached hydrogens (tertiary/aromatic N) is 1. The van der Waals surface area contributed by atoms with Crippen LogP contribution < -0.4 is 14.8 Å². The molecule has 1 amide bonds. The maximum atomic E-state index is 13.7. The number of hydrogen-bond acceptors (Lipinski definition) is 6. The lowest BCUT2D eigenvalue weighted by atomic mass is 9.82. The summed E-state index contributed by atoms with van der Waals surface area (Å²) in [5, 5.41) is 14.4. The summed E-state index contributed by atoms with van der Waals surface area (Å²) < 4.78 is 16.3. The molecule has 228 valence electrons. The maximum absolute atomic E-state index is 13.7. The van der Waals surface area contributed by atoms with Gasteiger partial charge in [-0.1, -0.05) is 55.8 Å². The highest BCUT2D eigenvalue weighted by Crippen LogP contribution is 2.47. The molecule has 0 saturated carbocycles. The number of benzene rings is 3. The van der Waals surface area contributed by atoms with Gasteiger partial charge in [-0.25, -0.2) is 0 Å². The van der Waals surface area contributed by atoms with Crippen LogP contribution in [0.4, 0.5) is 5.69 Å². The van der Waals surface area contributed by atoms with E-state index in [1.165, 1.54) is 0 Å². The third kappa shape index (κ3) is 6.82. The SMILES string of the molecule is CCc1cc(Cl)cc(CC)c1NC(=O)CN1C[C@H](c2ccc3c(c2)OCO3)C(C(=O)O)[C@@H]1c1ccc(CCCOC)cc1. The summed E-state index contributed by atoms with van der Waals surface area (Å²) in [4.78, 5) is 28.6. The first kappa shape index (κ1) is 30.9. The minimum absolute atomic E-state index is 0.0417. The van der Waals surface area contributed by atoms with Gasteiger partial charge in [0.2, 0.25) is 12.7 Å². The Kier molecular flexibility index (Phi) is 9.90. The Morgan fingerprint density at radius 2 is 1.67 bits per heavy atom. The Morgan fingerprint density at radius 3 is 2.33 bits per heavy atom. The normalized spacial score (nSPS) is 19.5. The quantitative estimate of drug-likeness (QED) is 0.235. The molecule has 0 spiro atoms. The first-order chi connectivity index (χ1) is 20.8. The topological polar surface area (TPSA) is 97.3 Å². The van der Waals surface area contributed by atoms with E-state index in [2.05, 4.69) is 5.32 Å². The monoisotopic (exact) mass is 606 g/mol. The first-order valence-electron chi connectivity index (χ1n) is 14.9. The number of ether oxygens (including phenoxy) is 3. The summed E-state index contributed by atoms with van der Waals surface area (Å²) in [7, 11) is 1.69. The summed E-state index contributed by atoms with van der Waals surface area (Å²) in [6.45, 7) is 5.32. The molecular formula is C34H39ClN2O6. The molecule has 3 aromatic carbocycles. The number of carbonyl (C=O) groups is 2. The van der Waals surface area contributed by atoms with Gasteiger partial charge in [-0.15, -0.1) is 0 Å². The Hall–Kier alpha value is -3.59. The molecule has 0 aliphatic carbocycles. The van der Waals surface area contributed by atoms with E-state index in [4.69, 9.17) is 25.8 Å². The Bertz CT molecular complexity index is 1430. The number of methoxy groups -OCH3 is 1. The van der Waals surface area contributed by atoms with Crippen LogP contribution in [-0.4, -0.2) is 55.5 Å². The second-order valence-electron chi connectivity index (χ2n) is 11.1. The third-order valence-corrected chi connectivity index (χ3v) is 8.70. The van der Waals surface area contributed by atoms with E-state index in [1.54, 1.807) is 7.11 Å². The minimum atomic E-state index is -0.904. The van der Waals surface area contributed by atoms with Gasteiger partial charge >= 0.3 is 5.97 Å². The molecule has 2 N–H and O–H groups in total. The van der Waals surface area contributed by atoms with Crippen molar-refractivity contribution < 1.29 is 28.9 Å². The minimum Gasteiger partial charge on any atom is -0.481 e. The fourth-order valence-electron chi connectivity index (χ4n) is 6.38. The highest BCUT2D eigenvalue weighted by atomic mass is 35.5. The lowest BCUT2D eigenvalue weighted by Gasteiger charge is -2.27. The van der Waals surface area contributed by atoms with Crippen LogP contribution in [0.5, 0.6) is 11.5 Å². The van der Waals surface area contributed by atoms with Crippen LogP contribution in [0.25, 0.3) is 0 Å². The van der Waals surface area contributed by atoms with Gasteiger partial charge in [-0.05, 0) is 77.8 Å². The van der Waals surface area contributed by atoms with E-state index in [0.717, 1.165) is 59.2 Å². The molecule has 2 aliphatic heterocycles. The number of carbonyl (C=O) groups excluding carboxylic acids is 1. The van der Waals surface area contributed by atoms with Gasteiger partial charge in [0.25, 0.3) is 0 Å². The maximum Gasteiger partial charge on any atom is 0.309 e. The van der Waals surface area contributed by atoms with E-state index < -0.39 is 17.9 Å². The highest BCUT2D eigenvalue weighted by Gasteiger charge is 2.48. The second-order valence-corrected chi connectivity index (χ2v) is 11.6. The van der Waals surface area contributed by atoms with Crippen molar-refractivity contribution >= 4 is 29.2 Å². The summed E-state index contributed by atoms with van der Waals surface area (Å²) >= 11 is 6.34. The fraction of sp³-hybridized carbons (Fsp3) is 0.412. The van der Waals surface area contributed by atoms with Crippen molar-refractivity contribution in [3.63, 3.8) is 0 Å². The molecule has 0 aromatic heterocycles. The average Bonchev–Trinajstić information content (AvgIpc) is 3.62. The van der Waals surface area contributed by atoms with E-state index in [0.29, 0.717) is 29.7 Å². The molecule has 8 nitrogen and oxygen atoms in total. The molecule has 3 atom stereocenters. The van der Waals surface area contributed by atoms with Gasteiger partial charge in [-0.3, -0.25) is 14.5 Å². The Balaban J connectivity index is 1.46. The van der Waals surface area contributed by atoms with Gasteiger partial charge in [0, 0.05) is 42.9 Å². The number of halogens is 1. The van der Waals surface area contributed by atoms with Crippen molar-refractivity contribution in [2.45, 2.75) is 51.5 Å². The number of carboxylic acid groups (broad SMARTS) is 1. The third-order valence-electron chi connectivity index (χ3n) is 8.48. The van der Waals surface area contributed by atoms with Gasteiger partial charge in [0.05, 0.1) is 12.5 Å². The Labute approximate surface area is 257 Å². The number of rotatable bonds is 12. The standard InChI is InChI=1S/C34H39ClN2O6/c1-4-22-15-26(35)16-23(5-2)32(22)36-30(38)19-37-18-27(25-12-13-28-29(17-25)43-20-42-28)31(34(39)40)33(37)24-10-8-21(9-11-24)7-6-14-41-3/h8-13,15-17,27,31,33H,4-7,14,18-20H2,1-3H3,(H,36,38)(H,39,40)/t27-,31?,33+/m1/s1. The molecule has 3 aromatic rings. The fourth-order valence-corrected chi connectivity index (χ4v) is 6.64. The molecule has 9 heteroatoms. The molecule has 0 radical (unpaired) electrons. The number of hydrogen-bond donors (Lipinski definition) is 2. The van der Waals surface area contributed by atoms with Crippen molar-refractivity contribution in [3.05, 3.63) is 87.4 Å². The van der Waals surface area contributed by atoms with Gasteiger partial charge < -0.3 is 24.6 Å². The van der Waals surface area contributed by atoms with Gasteiger partial charge in [-0.2, -0.15) is 0 Å². The summed E-state index contributed by atoms with van der Waals surface area (Å²) in [6.07, 6.45) is 3.21. The molecule has 43 heavy (non-hydrogen) atoms. The van der Waals surface area contributed by atoms with E-state index in [9.17, 15) is 14.7 Å². The van der Waals surface area contributed by atoms with Crippen molar-refractivity contribution in [1.29, 1.82) is 0 Å². The molecule has 0 bridgehead atoms. The number of likely N-dealkylation sites (tertiary alicyclic amines) is 1. The van der Waals surface area contributed by atoms with Crippen LogP contribution in [0.15, 0.2) is 54.6 Å². The number of carboxylic acids is 1. The van der Waals surface area contributed by atoms with Crippen molar-refractivity contribution in [1.82, 2.24) is 4.90 Å². The van der Waals surface area contributed by atoms with Gasteiger partial charge in [0.1, 0.15) is 0 Å². The van der Waals surface area contributed by atoms with Crippen molar-refractivity contribution in [3.8, 4) is 11.5 Å². The van der Waals surface area contributed by atoms with Crippen LogP contribution in [0, 0.1) is 5.92 Å². The zero-order valence-corrected chi connectivity index (χ0v) is 25.7. The predicted molar refractivity (Wildman–Crippen MR) is 166 cm³/mol. The lowest BCUT2D eigenvalue weighted by Crippen LogP contribution is -2.35. The summed E-state index contributed by atoms with van der Waals surface area (Å²) in [5.41, 5.74) is 5.61. The molecule has 2 heterocycles. The number of nitrogens with one attached hydrogen (secondary N) is 1. The summed E-state index contributed by atoms with van der Waals surface area (Å²) in [6, 6.07) is 17.0. The highest BCUT2D eigenvalue weighted by molar-refractivity contribution is 6.30. The zero-order chi connectivity index (χ0) is 30.5. The number of amides is 1. The van der Waals surface area contributed by atoms with Crippen molar-refractivity contribution in [2.75, 3.05) is 38.9 Å². The lowest BCUT2D eigenvalue weighted by molar-refractivity contribution is -0.143. The molecule has 5 rings (SSSR count). The molecule has 1 saturated heterocycles. The molecule has 1 unspecified atom stereocenters. The molecule has 1 fully saturated rings. The van der Waals surface area contributed by atoms with Crippen LogP contribution in [0.2, 0.25) is 5.02 Å². The van der Waals surface area contributed by atoms with Crippen LogP contribution in [0.3, 0.4) is 0 Å². The van der Waals surface area contributed by atoms with Crippen LogP contribution in [-0.2, 0) is 33.6 Å². The Morgan fingerprint density at radius 1 is 1.00 bits per heavy atom. The van der Waals surface area contributed by atoms with Gasteiger partial charge in [0.15, 0.2) is 11.5 Å². The van der Waals surface area contributed by atoms with Crippen LogP contribution in [0.1, 0.15) is 60.0 Å². The van der Waals surface area contributed by atoms with Crippen molar-refractivity contribution in [2.24, 2.45) is 5.92 Å². The largest absolute Gasteiger partial charge is 0.481 e. The first-order valence-corrected chi connectivity index (χ1v) is 15.3. The summed E-state index contributed by atoms with van der Waals surface area (Å²) in [5.74, 6) is -0.981. The van der Waals surface area contributed by atoms with E-state index >= 15 is 0 Å². The molecular weight excluding hydrogens is 568 g/mol. The number of fused-ring (bicyclic) bond motifs is 1. The van der Waals surface area contributed by atoms with E-state index in [1.807, 2.05) is 73.3 Å². The predicted octanol–water partition coefficient (Wildman–Crippen LogP) is 6.25. The number of aliphatic carboxylic acids is 1. The number of anilines is 1.